The van der Waals surface area contributed by atoms with Gasteiger partial charge in [0.15, 0.2) is 5.76 Å². The number of nitrogens with one attached hydrogen (secondary N) is 1. The summed E-state index contributed by atoms with van der Waals surface area (Å²) in [5.41, 5.74) is 0.983. The maximum atomic E-state index is 13.0. The lowest BCUT2D eigenvalue weighted by Crippen LogP contribution is -2.50. The molecular weight excluding hydrogens is 332 g/mol. The normalized spacial score (nSPS) is 17.7. The molecule has 1 aliphatic rings. The van der Waals surface area contributed by atoms with Crippen LogP contribution in [0.4, 0.5) is 0 Å². The van der Waals surface area contributed by atoms with Crippen LogP contribution < -0.4 is 5.32 Å². The summed E-state index contributed by atoms with van der Waals surface area (Å²) in [5, 5.41) is 2.81. The van der Waals surface area contributed by atoms with Crippen LogP contribution in [0.5, 0.6) is 0 Å². The van der Waals surface area contributed by atoms with Gasteiger partial charge in [-0.1, -0.05) is 30.3 Å². The van der Waals surface area contributed by atoms with Gasteiger partial charge in [-0.2, -0.15) is 0 Å². The maximum Gasteiger partial charge on any atom is 0.287 e. The summed E-state index contributed by atoms with van der Waals surface area (Å²) in [6, 6.07) is 12.2. The van der Waals surface area contributed by atoms with Gasteiger partial charge in [0.2, 0.25) is 5.91 Å². The Morgan fingerprint density at radius 1 is 1.23 bits per heavy atom. The Bertz CT molecular complexity index is 709. The van der Waals surface area contributed by atoms with Crippen molar-refractivity contribution >= 4 is 11.8 Å². The van der Waals surface area contributed by atoms with E-state index in [1.165, 1.54) is 6.26 Å². The van der Waals surface area contributed by atoms with Gasteiger partial charge in [-0.3, -0.25) is 9.59 Å². The van der Waals surface area contributed by atoms with Crippen LogP contribution in [0.3, 0.4) is 0 Å². The lowest BCUT2D eigenvalue weighted by Gasteiger charge is -2.26. The second-order valence-electron chi connectivity index (χ2n) is 6.55. The minimum absolute atomic E-state index is 0.0714. The highest BCUT2D eigenvalue weighted by Crippen LogP contribution is 2.14. The molecule has 1 saturated heterocycles. The summed E-state index contributed by atoms with van der Waals surface area (Å²) in [5.74, 6) is -0.336. The molecule has 138 valence electrons. The first-order chi connectivity index (χ1) is 12.6. The van der Waals surface area contributed by atoms with Crippen LogP contribution in [-0.2, 0) is 16.0 Å². The van der Waals surface area contributed by atoms with E-state index in [9.17, 15) is 9.59 Å². The van der Waals surface area contributed by atoms with Gasteiger partial charge >= 0.3 is 0 Å². The average Bonchev–Trinajstić information content (AvgIpc) is 3.35. The van der Waals surface area contributed by atoms with Crippen molar-refractivity contribution in [2.75, 3.05) is 20.2 Å². The molecule has 1 aromatic heterocycles. The number of rotatable bonds is 7. The van der Waals surface area contributed by atoms with Gasteiger partial charge in [0.05, 0.1) is 12.4 Å². The molecule has 1 fully saturated rings. The van der Waals surface area contributed by atoms with Crippen LogP contribution in [0.25, 0.3) is 0 Å². The first-order valence-corrected chi connectivity index (χ1v) is 8.88. The van der Waals surface area contributed by atoms with E-state index in [0.717, 1.165) is 25.0 Å². The lowest BCUT2D eigenvalue weighted by atomic mass is 10.0. The fourth-order valence-corrected chi connectivity index (χ4v) is 3.14. The standard InChI is InChI=1S/C20H24N2O4/c1-22(14-16-9-5-11-25-16)20(24)17(13-15-7-3-2-4-8-15)21-19(23)18-10-6-12-26-18/h2-4,6-8,10,12,16-17H,5,9,11,13-14H2,1H3,(H,21,23)/t16-,17-/m0/s1. The minimum Gasteiger partial charge on any atom is -0.459 e. The van der Waals surface area contributed by atoms with Crippen LogP contribution in [0.15, 0.2) is 53.1 Å². The van der Waals surface area contributed by atoms with Crippen molar-refractivity contribution in [2.45, 2.75) is 31.4 Å². The number of hydrogen-bond donors (Lipinski definition) is 1. The van der Waals surface area contributed by atoms with Crippen LogP contribution in [0.2, 0.25) is 0 Å². The van der Waals surface area contributed by atoms with Gasteiger partial charge in [0.25, 0.3) is 5.91 Å². The van der Waals surface area contributed by atoms with E-state index < -0.39 is 11.9 Å². The van der Waals surface area contributed by atoms with Gasteiger partial charge in [-0.05, 0) is 30.5 Å². The zero-order valence-corrected chi connectivity index (χ0v) is 14.9. The number of ether oxygens (including phenoxy) is 1. The summed E-state index contributed by atoms with van der Waals surface area (Å²) in [7, 11) is 1.75. The Kier molecular flexibility index (Phi) is 6.07. The third-order valence-electron chi connectivity index (χ3n) is 4.51. The summed E-state index contributed by atoms with van der Waals surface area (Å²) in [4.78, 5) is 27.0. The fourth-order valence-electron chi connectivity index (χ4n) is 3.14. The molecule has 2 atom stereocenters. The van der Waals surface area contributed by atoms with E-state index in [4.69, 9.17) is 9.15 Å². The van der Waals surface area contributed by atoms with Crippen molar-refractivity contribution in [3.05, 3.63) is 60.1 Å². The summed E-state index contributed by atoms with van der Waals surface area (Å²) < 4.78 is 10.8. The summed E-state index contributed by atoms with van der Waals surface area (Å²) in [6.45, 7) is 1.27. The Morgan fingerprint density at radius 2 is 2.04 bits per heavy atom. The van der Waals surface area contributed by atoms with Gasteiger partial charge in [0, 0.05) is 26.6 Å². The molecule has 0 unspecified atom stereocenters. The van der Waals surface area contributed by atoms with E-state index in [0.29, 0.717) is 13.0 Å². The third kappa shape index (κ3) is 4.73. The zero-order chi connectivity index (χ0) is 18.4. The molecule has 0 radical (unpaired) electrons. The maximum absolute atomic E-state index is 13.0. The molecule has 3 rings (SSSR count). The predicted molar refractivity (Wildman–Crippen MR) is 96.7 cm³/mol. The Morgan fingerprint density at radius 3 is 2.69 bits per heavy atom. The van der Waals surface area contributed by atoms with E-state index in [2.05, 4.69) is 5.32 Å². The molecule has 0 saturated carbocycles. The van der Waals surface area contributed by atoms with Crippen LogP contribution in [0.1, 0.15) is 29.0 Å². The molecular formula is C20H24N2O4. The number of likely N-dealkylation sites (N-methyl/N-ethyl adjacent to an activating group) is 1. The molecule has 1 aromatic carbocycles. The lowest BCUT2D eigenvalue weighted by molar-refractivity contribution is -0.133. The minimum atomic E-state index is -0.665. The van der Waals surface area contributed by atoms with Crippen LogP contribution >= 0.6 is 0 Å². The molecule has 1 aliphatic heterocycles. The SMILES string of the molecule is CN(C[C@@H]1CCCO1)C(=O)[C@H](Cc1ccccc1)NC(=O)c1ccco1. The molecule has 2 heterocycles. The van der Waals surface area contributed by atoms with Crippen molar-refractivity contribution < 1.29 is 18.7 Å². The van der Waals surface area contributed by atoms with E-state index >= 15 is 0 Å². The molecule has 1 N–H and O–H groups in total. The summed E-state index contributed by atoms with van der Waals surface area (Å²) in [6.07, 6.45) is 3.91. The van der Waals surface area contributed by atoms with E-state index in [1.54, 1.807) is 24.1 Å². The van der Waals surface area contributed by atoms with Gasteiger partial charge in [-0.25, -0.2) is 0 Å². The molecule has 2 aromatic rings. The quantitative estimate of drug-likeness (QED) is 0.826. The van der Waals surface area contributed by atoms with Crippen molar-refractivity contribution in [1.29, 1.82) is 0 Å². The highest BCUT2D eigenvalue weighted by Gasteiger charge is 2.28. The molecule has 0 bridgehead atoms. The largest absolute Gasteiger partial charge is 0.459 e. The molecule has 6 heteroatoms. The van der Waals surface area contributed by atoms with E-state index in [1.807, 2.05) is 30.3 Å². The Hall–Kier alpha value is -2.60. The average molecular weight is 356 g/mol. The number of amides is 2. The topological polar surface area (TPSA) is 71.8 Å². The van der Waals surface area contributed by atoms with Crippen LogP contribution in [0, 0.1) is 0 Å². The Balaban J connectivity index is 1.70. The van der Waals surface area contributed by atoms with Crippen molar-refractivity contribution in [3.63, 3.8) is 0 Å². The van der Waals surface area contributed by atoms with Gasteiger partial charge in [0.1, 0.15) is 6.04 Å². The zero-order valence-electron chi connectivity index (χ0n) is 14.9. The number of nitrogens with zero attached hydrogens (tertiary/aromatic N) is 1. The first kappa shape index (κ1) is 18.2. The van der Waals surface area contributed by atoms with Crippen molar-refractivity contribution in [3.8, 4) is 0 Å². The first-order valence-electron chi connectivity index (χ1n) is 8.88. The number of carbonyl (C=O) groups excluding carboxylic acids is 2. The van der Waals surface area contributed by atoms with Crippen molar-refractivity contribution in [1.82, 2.24) is 10.2 Å². The highest BCUT2D eigenvalue weighted by atomic mass is 16.5. The second-order valence-corrected chi connectivity index (χ2v) is 6.55. The van der Waals surface area contributed by atoms with Gasteiger partial charge in [-0.15, -0.1) is 0 Å². The molecule has 6 nitrogen and oxygen atoms in total. The molecule has 2 amide bonds. The molecule has 0 aliphatic carbocycles. The molecule has 0 spiro atoms. The number of carbonyl (C=O) groups is 2. The van der Waals surface area contributed by atoms with Crippen LogP contribution in [-0.4, -0.2) is 49.1 Å². The fraction of sp³-hybridized carbons (Fsp3) is 0.400. The molecule has 26 heavy (non-hydrogen) atoms. The van der Waals surface area contributed by atoms with Gasteiger partial charge < -0.3 is 19.4 Å². The number of hydrogen-bond acceptors (Lipinski definition) is 4. The van der Waals surface area contributed by atoms with Crippen molar-refractivity contribution in [2.24, 2.45) is 0 Å². The smallest absolute Gasteiger partial charge is 0.287 e. The highest BCUT2D eigenvalue weighted by molar-refractivity contribution is 5.95. The number of furan rings is 1. The second kappa shape index (κ2) is 8.67. The predicted octanol–water partition coefficient (Wildman–Crippen LogP) is 2.26. The van der Waals surface area contributed by atoms with E-state index in [-0.39, 0.29) is 17.8 Å². The Labute approximate surface area is 153 Å². The number of benzene rings is 1. The monoisotopic (exact) mass is 356 g/mol. The third-order valence-corrected chi connectivity index (χ3v) is 4.51. The summed E-state index contributed by atoms with van der Waals surface area (Å²) >= 11 is 0.